The number of carbonyl (C=O) groups excluding carboxylic acids is 1. The highest BCUT2D eigenvalue weighted by Crippen LogP contribution is 2.33. The SMILES string of the molecule is Cc1cccnc1C(=O)N1c2ccccc2CC1C(=O)O. The molecule has 0 radical (unpaired) electrons. The number of fused-ring (bicyclic) bond motifs is 1. The van der Waals surface area contributed by atoms with Gasteiger partial charge < -0.3 is 5.11 Å². The molecule has 1 aromatic carbocycles. The molecule has 0 bridgehead atoms. The third kappa shape index (κ3) is 2.16. The Labute approximate surface area is 121 Å². The number of benzene rings is 1. The van der Waals surface area contributed by atoms with Gasteiger partial charge in [-0.25, -0.2) is 4.79 Å². The van der Waals surface area contributed by atoms with Crippen molar-refractivity contribution in [3.05, 3.63) is 59.4 Å². The van der Waals surface area contributed by atoms with Crippen molar-refractivity contribution in [2.24, 2.45) is 0 Å². The summed E-state index contributed by atoms with van der Waals surface area (Å²) >= 11 is 0. The number of para-hydroxylation sites is 1. The zero-order valence-electron chi connectivity index (χ0n) is 11.5. The molecule has 5 heteroatoms. The fourth-order valence-corrected chi connectivity index (χ4v) is 2.66. The molecule has 21 heavy (non-hydrogen) atoms. The molecule has 0 aliphatic carbocycles. The smallest absolute Gasteiger partial charge is 0.327 e. The number of pyridine rings is 1. The number of carboxylic acids is 1. The minimum atomic E-state index is -1.01. The van der Waals surface area contributed by atoms with E-state index >= 15 is 0 Å². The highest BCUT2D eigenvalue weighted by Gasteiger charge is 2.39. The first-order valence-corrected chi connectivity index (χ1v) is 6.65. The first kappa shape index (κ1) is 13.3. The summed E-state index contributed by atoms with van der Waals surface area (Å²) < 4.78 is 0. The number of carbonyl (C=O) groups is 2. The van der Waals surface area contributed by atoms with E-state index < -0.39 is 12.0 Å². The van der Waals surface area contributed by atoms with Gasteiger partial charge in [0, 0.05) is 18.3 Å². The van der Waals surface area contributed by atoms with Crippen molar-refractivity contribution in [3.63, 3.8) is 0 Å². The summed E-state index contributed by atoms with van der Waals surface area (Å²) in [7, 11) is 0. The van der Waals surface area contributed by atoms with Crippen LogP contribution in [0.25, 0.3) is 0 Å². The first-order valence-electron chi connectivity index (χ1n) is 6.65. The summed E-state index contributed by atoms with van der Waals surface area (Å²) in [5, 5.41) is 9.41. The van der Waals surface area contributed by atoms with Gasteiger partial charge in [-0.2, -0.15) is 0 Å². The molecule has 1 aromatic heterocycles. The minimum Gasteiger partial charge on any atom is -0.480 e. The lowest BCUT2D eigenvalue weighted by atomic mass is 10.1. The number of aryl methyl sites for hydroxylation is 1. The zero-order valence-corrected chi connectivity index (χ0v) is 11.5. The Balaban J connectivity index is 2.08. The van der Waals surface area contributed by atoms with Crippen molar-refractivity contribution in [2.75, 3.05) is 4.90 Å². The molecule has 1 N–H and O–H groups in total. The Bertz CT molecular complexity index is 727. The van der Waals surface area contributed by atoms with E-state index in [0.717, 1.165) is 11.1 Å². The molecular formula is C16H14N2O3. The number of aliphatic carboxylic acids is 1. The number of aromatic nitrogens is 1. The number of carboxylic acid groups (broad SMARTS) is 1. The van der Waals surface area contributed by atoms with Gasteiger partial charge in [-0.15, -0.1) is 0 Å². The molecule has 0 fully saturated rings. The predicted molar refractivity (Wildman–Crippen MR) is 77.4 cm³/mol. The standard InChI is InChI=1S/C16H14N2O3/c1-10-5-4-8-17-14(10)15(19)18-12-7-3-2-6-11(12)9-13(18)16(20)21/h2-8,13H,9H2,1H3,(H,20,21). The summed E-state index contributed by atoms with van der Waals surface area (Å²) in [4.78, 5) is 29.7. The van der Waals surface area contributed by atoms with E-state index in [2.05, 4.69) is 4.98 Å². The number of hydrogen-bond donors (Lipinski definition) is 1. The fraction of sp³-hybridized carbons (Fsp3) is 0.188. The van der Waals surface area contributed by atoms with Crippen LogP contribution in [-0.2, 0) is 11.2 Å². The van der Waals surface area contributed by atoms with Gasteiger partial charge in [-0.3, -0.25) is 14.7 Å². The molecule has 1 amide bonds. The maximum absolute atomic E-state index is 12.7. The van der Waals surface area contributed by atoms with Gasteiger partial charge in [0.05, 0.1) is 0 Å². The molecule has 0 saturated heterocycles. The number of anilines is 1. The van der Waals surface area contributed by atoms with Gasteiger partial charge in [0.1, 0.15) is 11.7 Å². The highest BCUT2D eigenvalue weighted by atomic mass is 16.4. The molecule has 1 aliphatic heterocycles. The van der Waals surface area contributed by atoms with Crippen molar-refractivity contribution >= 4 is 17.6 Å². The van der Waals surface area contributed by atoms with E-state index in [0.29, 0.717) is 17.8 Å². The molecule has 2 aromatic rings. The van der Waals surface area contributed by atoms with E-state index in [1.165, 1.54) is 11.1 Å². The molecule has 0 saturated carbocycles. The van der Waals surface area contributed by atoms with E-state index in [4.69, 9.17) is 0 Å². The minimum absolute atomic E-state index is 0.292. The Hall–Kier alpha value is -2.69. The maximum Gasteiger partial charge on any atom is 0.327 e. The lowest BCUT2D eigenvalue weighted by Crippen LogP contribution is -2.43. The zero-order chi connectivity index (χ0) is 15.0. The molecule has 1 atom stereocenters. The van der Waals surface area contributed by atoms with Crippen LogP contribution in [0.5, 0.6) is 0 Å². The second-order valence-electron chi connectivity index (χ2n) is 5.03. The summed E-state index contributed by atoms with van der Waals surface area (Å²) in [6, 6.07) is 9.93. The van der Waals surface area contributed by atoms with E-state index in [1.54, 1.807) is 31.2 Å². The summed E-state index contributed by atoms with van der Waals surface area (Å²) in [6.07, 6.45) is 1.86. The number of amides is 1. The summed E-state index contributed by atoms with van der Waals surface area (Å²) in [6.45, 7) is 1.79. The lowest BCUT2D eigenvalue weighted by Gasteiger charge is -2.22. The average Bonchev–Trinajstić information content (AvgIpc) is 2.86. The van der Waals surface area contributed by atoms with Gasteiger partial charge in [0.25, 0.3) is 5.91 Å². The normalized spacial score (nSPS) is 16.6. The monoisotopic (exact) mass is 282 g/mol. The Kier molecular flexibility index (Phi) is 3.17. The second kappa shape index (κ2) is 5.01. The summed E-state index contributed by atoms with van der Waals surface area (Å²) in [5.41, 5.74) is 2.54. The van der Waals surface area contributed by atoms with Crippen LogP contribution < -0.4 is 4.90 Å². The largest absolute Gasteiger partial charge is 0.480 e. The predicted octanol–water partition coefficient (Wildman–Crippen LogP) is 2.05. The van der Waals surface area contributed by atoms with Crippen LogP contribution in [0.3, 0.4) is 0 Å². The van der Waals surface area contributed by atoms with Crippen LogP contribution in [0, 0.1) is 6.92 Å². The van der Waals surface area contributed by atoms with Gasteiger partial charge in [-0.1, -0.05) is 24.3 Å². The van der Waals surface area contributed by atoms with E-state index in [1.807, 2.05) is 12.1 Å². The average molecular weight is 282 g/mol. The van der Waals surface area contributed by atoms with Crippen LogP contribution in [0.2, 0.25) is 0 Å². The van der Waals surface area contributed by atoms with Crippen molar-refractivity contribution in [1.82, 2.24) is 4.98 Å². The first-order chi connectivity index (χ1) is 10.1. The third-order valence-corrected chi connectivity index (χ3v) is 3.69. The second-order valence-corrected chi connectivity index (χ2v) is 5.03. The maximum atomic E-state index is 12.7. The Morgan fingerprint density at radius 3 is 2.71 bits per heavy atom. The van der Waals surface area contributed by atoms with Crippen LogP contribution in [0.15, 0.2) is 42.6 Å². The van der Waals surface area contributed by atoms with Gasteiger partial charge in [0.15, 0.2) is 0 Å². The lowest BCUT2D eigenvalue weighted by molar-refractivity contribution is -0.138. The van der Waals surface area contributed by atoms with Gasteiger partial charge in [-0.05, 0) is 30.2 Å². The molecule has 3 rings (SSSR count). The molecule has 1 unspecified atom stereocenters. The molecule has 1 aliphatic rings. The molecular weight excluding hydrogens is 268 g/mol. The number of hydrogen-bond acceptors (Lipinski definition) is 3. The number of rotatable bonds is 2. The van der Waals surface area contributed by atoms with E-state index in [-0.39, 0.29) is 5.91 Å². The molecule has 5 nitrogen and oxygen atoms in total. The van der Waals surface area contributed by atoms with Crippen molar-refractivity contribution in [3.8, 4) is 0 Å². The van der Waals surface area contributed by atoms with Crippen LogP contribution in [-0.4, -0.2) is 28.0 Å². The fourth-order valence-electron chi connectivity index (χ4n) is 2.66. The van der Waals surface area contributed by atoms with Crippen LogP contribution in [0.1, 0.15) is 21.6 Å². The number of nitrogens with zero attached hydrogens (tertiary/aromatic N) is 2. The van der Waals surface area contributed by atoms with Crippen LogP contribution in [0.4, 0.5) is 5.69 Å². The molecule has 106 valence electrons. The van der Waals surface area contributed by atoms with E-state index in [9.17, 15) is 14.7 Å². The molecule has 2 heterocycles. The Morgan fingerprint density at radius 2 is 2.00 bits per heavy atom. The highest BCUT2D eigenvalue weighted by molar-refractivity contribution is 6.10. The van der Waals surface area contributed by atoms with Crippen LogP contribution >= 0.6 is 0 Å². The summed E-state index contributed by atoms with van der Waals surface area (Å²) in [5.74, 6) is -1.38. The Morgan fingerprint density at radius 1 is 1.24 bits per heavy atom. The molecule has 0 spiro atoms. The van der Waals surface area contributed by atoms with Gasteiger partial charge >= 0.3 is 5.97 Å². The van der Waals surface area contributed by atoms with Gasteiger partial charge in [0.2, 0.25) is 0 Å². The third-order valence-electron chi connectivity index (χ3n) is 3.69. The van der Waals surface area contributed by atoms with Crippen molar-refractivity contribution in [2.45, 2.75) is 19.4 Å². The topological polar surface area (TPSA) is 70.5 Å². The quantitative estimate of drug-likeness (QED) is 0.915. The van der Waals surface area contributed by atoms with Crippen molar-refractivity contribution in [1.29, 1.82) is 0 Å². The van der Waals surface area contributed by atoms with Crippen molar-refractivity contribution < 1.29 is 14.7 Å².